The van der Waals surface area contributed by atoms with Gasteiger partial charge in [-0.25, -0.2) is 4.98 Å². The van der Waals surface area contributed by atoms with Crippen LogP contribution in [-0.4, -0.2) is 9.97 Å². The van der Waals surface area contributed by atoms with E-state index in [2.05, 4.69) is 9.97 Å². The number of nitrogens with zero attached hydrogens (tertiary/aromatic N) is 1. The fourth-order valence-corrected chi connectivity index (χ4v) is 3.29. The summed E-state index contributed by atoms with van der Waals surface area (Å²) < 4.78 is 6.23. The lowest BCUT2D eigenvalue weighted by molar-refractivity contribution is 0.514. The van der Waals surface area contributed by atoms with E-state index in [0.717, 1.165) is 16.9 Å². The van der Waals surface area contributed by atoms with Crippen LogP contribution in [0.25, 0.3) is 33.1 Å². The molecule has 4 rings (SSSR count). The van der Waals surface area contributed by atoms with Crippen LogP contribution in [0.4, 0.5) is 0 Å². The largest absolute Gasteiger partial charge is 0.458 e. The Labute approximate surface area is 149 Å². The van der Waals surface area contributed by atoms with Crippen LogP contribution in [0.3, 0.4) is 0 Å². The molecule has 0 aliphatic rings. The van der Waals surface area contributed by atoms with Gasteiger partial charge in [0.15, 0.2) is 5.58 Å². The lowest BCUT2D eigenvalue weighted by Crippen LogP contribution is -2.10. The van der Waals surface area contributed by atoms with Gasteiger partial charge in [0.1, 0.15) is 17.1 Å². The Kier molecular flexibility index (Phi) is 3.65. The molecule has 4 nitrogen and oxygen atoms in total. The van der Waals surface area contributed by atoms with Crippen LogP contribution in [0.2, 0.25) is 5.02 Å². The van der Waals surface area contributed by atoms with Crippen LogP contribution in [0.5, 0.6) is 0 Å². The molecule has 4 aromatic rings. The van der Waals surface area contributed by atoms with Gasteiger partial charge in [-0.2, -0.15) is 0 Å². The van der Waals surface area contributed by atoms with Gasteiger partial charge < -0.3 is 9.40 Å². The third-order valence-electron chi connectivity index (χ3n) is 4.31. The molecule has 2 aromatic heterocycles. The first-order chi connectivity index (χ1) is 12.0. The maximum atomic E-state index is 13.3. The summed E-state index contributed by atoms with van der Waals surface area (Å²) in [7, 11) is 0. The number of benzene rings is 2. The number of hydrogen-bond donors (Lipinski definition) is 1. The number of aromatic nitrogens is 2. The summed E-state index contributed by atoms with van der Waals surface area (Å²) in [6.45, 7) is 5.91. The highest BCUT2D eigenvalue weighted by Gasteiger charge is 2.20. The van der Waals surface area contributed by atoms with E-state index >= 15 is 0 Å². The molecule has 5 heteroatoms. The molecule has 126 valence electrons. The minimum absolute atomic E-state index is 0.0465. The van der Waals surface area contributed by atoms with Gasteiger partial charge >= 0.3 is 0 Å². The fourth-order valence-electron chi connectivity index (χ4n) is 3.16. The molecule has 0 aliphatic carbocycles. The summed E-state index contributed by atoms with van der Waals surface area (Å²) in [5, 5.41) is 1.17. The Morgan fingerprint density at radius 1 is 1.12 bits per heavy atom. The second-order valence-electron chi connectivity index (χ2n) is 6.49. The third kappa shape index (κ3) is 2.53. The normalized spacial score (nSPS) is 11.7. The predicted molar refractivity (Wildman–Crippen MR) is 101 cm³/mol. The minimum atomic E-state index is -0.0465. The van der Waals surface area contributed by atoms with Crippen molar-refractivity contribution in [2.45, 2.75) is 26.7 Å². The van der Waals surface area contributed by atoms with Crippen LogP contribution in [0.15, 0.2) is 45.6 Å². The molecule has 0 aliphatic heterocycles. The molecular weight excluding hydrogens is 336 g/mol. The first-order valence-corrected chi connectivity index (χ1v) is 8.55. The molecule has 2 heterocycles. The van der Waals surface area contributed by atoms with Crippen LogP contribution >= 0.6 is 11.6 Å². The van der Waals surface area contributed by atoms with Crippen LogP contribution in [0.1, 0.15) is 31.4 Å². The molecule has 0 amide bonds. The first-order valence-electron chi connectivity index (χ1n) is 8.17. The van der Waals surface area contributed by atoms with Gasteiger partial charge in [-0.15, -0.1) is 0 Å². The molecule has 2 aromatic carbocycles. The van der Waals surface area contributed by atoms with Crippen molar-refractivity contribution in [1.82, 2.24) is 9.97 Å². The second kappa shape index (κ2) is 5.74. The molecule has 0 unspecified atom stereocenters. The number of aromatic amines is 1. The molecule has 0 bridgehead atoms. The van der Waals surface area contributed by atoms with Crippen molar-refractivity contribution in [2.75, 3.05) is 0 Å². The monoisotopic (exact) mass is 352 g/mol. The third-order valence-corrected chi connectivity index (χ3v) is 4.57. The van der Waals surface area contributed by atoms with Crippen LogP contribution < -0.4 is 5.43 Å². The highest BCUT2D eigenvalue weighted by Crippen LogP contribution is 2.32. The number of halogens is 1. The van der Waals surface area contributed by atoms with E-state index in [0.29, 0.717) is 32.8 Å². The molecule has 0 saturated carbocycles. The molecular formula is C20H17ClN2O2. The first kappa shape index (κ1) is 15.9. The van der Waals surface area contributed by atoms with E-state index in [1.54, 1.807) is 18.2 Å². The Morgan fingerprint density at radius 2 is 1.84 bits per heavy atom. The average Bonchev–Trinajstić information content (AvgIpc) is 2.96. The number of aryl methyl sites for hydroxylation is 1. The highest BCUT2D eigenvalue weighted by atomic mass is 35.5. The van der Waals surface area contributed by atoms with E-state index in [1.807, 2.05) is 39.0 Å². The zero-order valence-corrected chi connectivity index (χ0v) is 14.9. The van der Waals surface area contributed by atoms with Crippen molar-refractivity contribution >= 4 is 33.6 Å². The van der Waals surface area contributed by atoms with E-state index in [9.17, 15) is 4.79 Å². The summed E-state index contributed by atoms with van der Waals surface area (Å²) in [4.78, 5) is 20.9. The lowest BCUT2D eigenvalue weighted by Gasteiger charge is -2.13. The van der Waals surface area contributed by atoms with Gasteiger partial charge in [0.25, 0.3) is 0 Å². The van der Waals surface area contributed by atoms with Crippen molar-refractivity contribution in [3.8, 4) is 11.1 Å². The molecule has 25 heavy (non-hydrogen) atoms. The van der Waals surface area contributed by atoms with Crippen molar-refractivity contribution in [3.05, 3.63) is 63.2 Å². The maximum absolute atomic E-state index is 13.3. The average molecular weight is 353 g/mol. The van der Waals surface area contributed by atoms with Crippen molar-refractivity contribution < 1.29 is 4.42 Å². The Morgan fingerprint density at radius 3 is 2.52 bits per heavy atom. The van der Waals surface area contributed by atoms with Crippen molar-refractivity contribution in [2.24, 2.45) is 0 Å². The van der Waals surface area contributed by atoms with Gasteiger partial charge in [0.05, 0.1) is 16.5 Å². The lowest BCUT2D eigenvalue weighted by atomic mass is 9.97. The van der Waals surface area contributed by atoms with Gasteiger partial charge in [-0.05, 0) is 36.8 Å². The standard InChI is InChI=1S/C20H17ClN2O2/c1-10(2)19-16(12-4-6-13(21)7-5-12)18(24)14-8-9-15-17(20(14)25-19)23-11(3)22-15/h4-10H,1-3H3,(H,22,23). The SMILES string of the molecule is Cc1nc2c(ccc3c(=O)c(-c4ccc(Cl)cc4)c(C(C)C)oc32)[nH]1. The Bertz CT molecular complexity index is 1150. The molecule has 0 fully saturated rings. The van der Waals surface area contributed by atoms with Crippen molar-refractivity contribution in [1.29, 1.82) is 0 Å². The number of imidazole rings is 1. The minimum Gasteiger partial charge on any atom is -0.458 e. The number of H-pyrrole nitrogens is 1. The van der Waals surface area contributed by atoms with Crippen LogP contribution in [-0.2, 0) is 0 Å². The number of rotatable bonds is 2. The molecule has 0 saturated heterocycles. The Balaban J connectivity index is 2.14. The number of fused-ring (bicyclic) bond motifs is 3. The van der Waals surface area contributed by atoms with Gasteiger partial charge in [-0.3, -0.25) is 4.79 Å². The zero-order chi connectivity index (χ0) is 17.7. The topological polar surface area (TPSA) is 58.9 Å². The summed E-state index contributed by atoms with van der Waals surface area (Å²) in [5.41, 5.74) is 3.44. The molecule has 1 N–H and O–H groups in total. The summed E-state index contributed by atoms with van der Waals surface area (Å²) >= 11 is 5.99. The van der Waals surface area contributed by atoms with Gasteiger partial charge in [-0.1, -0.05) is 37.6 Å². The fraction of sp³-hybridized carbons (Fsp3) is 0.200. The Hall–Kier alpha value is -2.59. The quantitative estimate of drug-likeness (QED) is 0.524. The van der Waals surface area contributed by atoms with Gasteiger partial charge in [0.2, 0.25) is 5.43 Å². The summed E-state index contributed by atoms with van der Waals surface area (Å²) in [6, 6.07) is 10.9. The smallest absolute Gasteiger partial charge is 0.200 e. The second-order valence-corrected chi connectivity index (χ2v) is 6.93. The summed E-state index contributed by atoms with van der Waals surface area (Å²) in [6.07, 6.45) is 0. The van der Waals surface area contributed by atoms with Gasteiger partial charge in [0, 0.05) is 10.9 Å². The highest BCUT2D eigenvalue weighted by molar-refractivity contribution is 6.30. The summed E-state index contributed by atoms with van der Waals surface area (Å²) in [5.74, 6) is 1.50. The number of nitrogens with one attached hydrogen (secondary N) is 1. The van der Waals surface area contributed by atoms with Crippen molar-refractivity contribution in [3.63, 3.8) is 0 Å². The van der Waals surface area contributed by atoms with E-state index in [1.165, 1.54) is 0 Å². The van der Waals surface area contributed by atoms with E-state index < -0.39 is 0 Å². The zero-order valence-electron chi connectivity index (χ0n) is 14.2. The van der Waals surface area contributed by atoms with E-state index in [-0.39, 0.29) is 11.3 Å². The van der Waals surface area contributed by atoms with E-state index in [4.69, 9.17) is 16.0 Å². The number of hydrogen-bond acceptors (Lipinski definition) is 3. The molecule has 0 spiro atoms. The maximum Gasteiger partial charge on any atom is 0.200 e. The van der Waals surface area contributed by atoms with Crippen LogP contribution in [0, 0.1) is 6.92 Å². The molecule has 0 radical (unpaired) electrons. The predicted octanol–water partition coefficient (Wildman–Crippen LogP) is 5.42. The molecule has 0 atom stereocenters.